The molecule has 3 heteroatoms. The van der Waals surface area contributed by atoms with Gasteiger partial charge in [-0.3, -0.25) is 14.5 Å². The Labute approximate surface area is 89.7 Å². The van der Waals surface area contributed by atoms with Gasteiger partial charge >= 0.3 is 0 Å². The molecule has 80 valence electrons. The lowest BCUT2D eigenvalue weighted by atomic mass is 10.1. The fourth-order valence-electron chi connectivity index (χ4n) is 1.69. The monoisotopic (exact) mass is 205 g/mol. The van der Waals surface area contributed by atoms with Gasteiger partial charge in [-0.2, -0.15) is 0 Å². The number of benzene rings is 1. The molecule has 0 aromatic heterocycles. The maximum atomic E-state index is 11.4. The number of amides is 2. The average Bonchev–Trinajstić information content (AvgIpc) is 2.09. The van der Waals surface area contributed by atoms with Crippen molar-refractivity contribution in [1.29, 1.82) is 0 Å². The zero-order valence-electron chi connectivity index (χ0n) is 9.50. The van der Waals surface area contributed by atoms with Crippen molar-refractivity contribution in [1.82, 2.24) is 0 Å². The van der Waals surface area contributed by atoms with E-state index in [-0.39, 0.29) is 11.8 Å². The van der Waals surface area contributed by atoms with Crippen molar-refractivity contribution in [3.63, 3.8) is 0 Å². The zero-order valence-corrected chi connectivity index (χ0v) is 9.50. The number of aryl methyl sites for hydroxylation is 2. The number of carbonyl (C=O) groups excluding carboxylic acids is 2. The van der Waals surface area contributed by atoms with Crippen molar-refractivity contribution in [3.8, 4) is 0 Å². The first-order chi connectivity index (χ1) is 6.95. The second kappa shape index (κ2) is 4.26. The SMILES string of the molecule is CC(=O)N(C(C)=O)c1c(C)cccc1C. The maximum absolute atomic E-state index is 11.4. The second-order valence-corrected chi connectivity index (χ2v) is 3.61. The van der Waals surface area contributed by atoms with Gasteiger partial charge in [0, 0.05) is 13.8 Å². The van der Waals surface area contributed by atoms with Gasteiger partial charge in [0.25, 0.3) is 0 Å². The minimum Gasteiger partial charge on any atom is -0.274 e. The molecular weight excluding hydrogens is 190 g/mol. The van der Waals surface area contributed by atoms with Crippen LogP contribution in [0, 0.1) is 13.8 Å². The van der Waals surface area contributed by atoms with Crippen molar-refractivity contribution in [2.24, 2.45) is 0 Å². The molecule has 0 bridgehead atoms. The molecule has 0 fully saturated rings. The lowest BCUT2D eigenvalue weighted by molar-refractivity contribution is -0.124. The summed E-state index contributed by atoms with van der Waals surface area (Å²) in [6, 6.07) is 5.69. The van der Waals surface area contributed by atoms with E-state index in [9.17, 15) is 9.59 Å². The van der Waals surface area contributed by atoms with Gasteiger partial charge in [0.05, 0.1) is 5.69 Å². The van der Waals surface area contributed by atoms with E-state index in [2.05, 4.69) is 0 Å². The Morgan fingerprint density at radius 3 is 1.73 bits per heavy atom. The summed E-state index contributed by atoms with van der Waals surface area (Å²) in [5.74, 6) is -0.500. The van der Waals surface area contributed by atoms with Crippen molar-refractivity contribution in [3.05, 3.63) is 29.3 Å². The van der Waals surface area contributed by atoms with Crippen LogP contribution >= 0.6 is 0 Å². The number of hydrogen-bond acceptors (Lipinski definition) is 2. The Bertz CT molecular complexity index is 376. The van der Waals surface area contributed by atoms with E-state index in [0.29, 0.717) is 5.69 Å². The normalized spacial score (nSPS) is 9.87. The highest BCUT2D eigenvalue weighted by Crippen LogP contribution is 2.24. The standard InChI is InChI=1S/C12H15NO2/c1-8-6-5-7-9(2)12(8)13(10(3)14)11(4)15/h5-7H,1-4H3. The number of rotatable bonds is 1. The Morgan fingerprint density at radius 1 is 1.00 bits per heavy atom. The summed E-state index contributed by atoms with van der Waals surface area (Å²) in [6.45, 7) is 6.57. The number of anilines is 1. The Morgan fingerprint density at radius 2 is 1.40 bits per heavy atom. The third-order valence-electron chi connectivity index (χ3n) is 2.29. The third-order valence-corrected chi connectivity index (χ3v) is 2.29. The molecule has 0 spiro atoms. The fourth-order valence-corrected chi connectivity index (χ4v) is 1.69. The summed E-state index contributed by atoms with van der Waals surface area (Å²) >= 11 is 0. The van der Waals surface area contributed by atoms with Gasteiger partial charge < -0.3 is 0 Å². The second-order valence-electron chi connectivity index (χ2n) is 3.61. The van der Waals surface area contributed by atoms with E-state index in [1.165, 1.54) is 18.7 Å². The molecule has 0 saturated carbocycles. The van der Waals surface area contributed by atoms with Crippen LogP contribution in [0.2, 0.25) is 0 Å². The Kier molecular flexibility index (Phi) is 3.24. The maximum Gasteiger partial charge on any atom is 0.230 e. The number of hydrogen-bond donors (Lipinski definition) is 0. The molecule has 0 saturated heterocycles. The van der Waals surface area contributed by atoms with Crippen LogP contribution in [0.4, 0.5) is 5.69 Å². The van der Waals surface area contributed by atoms with E-state index < -0.39 is 0 Å². The zero-order chi connectivity index (χ0) is 11.6. The molecule has 0 unspecified atom stereocenters. The van der Waals surface area contributed by atoms with Gasteiger partial charge in [-0.15, -0.1) is 0 Å². The van der Waals surface area contributed by atoms with Crippen molar-refractivity contribution < 1.29 is 9.59 Å². The van der Waals surface area contributed by atoms with Gasteiger partial charge in [0.15, 0.2) is 0 Å². The van der Waals surface area contributed by atoms with E-state index in [0.717, 1.165) is 11.1 Å². The first kappa shape index (κ1) is 11.4. The summed E-state index contributed by atoms with van der Waals surface area (Å²) < 4.78 is 0. The lowest BCUT2D eigenvalue weighted by Crippen LogP contribution is -2.34. The third kappa shape index (κ3) is 2.24. The van der Waals surface area contributed by atoms with Crippen LogP contribution in [-0.2, 0) is 9.59 Å². The Balaban J connectivity index is 3.35. The van der Waals surface area contributed by atoms with Gasteiger partial charge in [-0.1, -0.05) is 18.2 Å². The van der Waals surface area contributed by atoms with Crippen LogP contribution in [0.25, 0.3) is 0 Å². The lowest BCUT2D eigenvalue weighted by Gasteiger charge is -2.21. The predicted octanol–water partition coefficient (Wildman–Crippen LogP) is 2.20. The molecule has 2 amide bonds. The topological polar surface area (TPSA) is 37.4 Å². The van der Waals surface area contributed by atoms with Crippen LogP contribution in [0.3, 0.4) is 0 Å². The quantitative estimate of drug-likeness (QED) is 0.704. The molecule has 1 aromatic rings. The number of imide groups is 1. The highest BCUT2D eigenvalue weighted by Gasteiger charge is 2.19. The summed E-state index contributed by atoms with van der Waals surface area (Å²) in [5.41, 5.74) is 2.57. The molecule has 3 nitrogen and oxygen atoms in total. The van der Waals surface area contributed by atoms with E-state index in [1.807, 2.05) is 32.0 Å². The van der Waals surface area contributed by atoms with Crippen molar-refractivity contribution in [2.75, 3.05) is 4.90 Å². The Hall–Kier alpha value is -1.64. The van der Waals surface area contributed by atoms with Crippen molar-refractivity contribution >= 4 is 17.5 Å². The van der Waals surface area contributed by atoms with E-state index in [1.54, 1.807) is 0 Å². The number of nitrogens with zero attached hydrogens (tertiary/aromatic N) is 1. The van der Waals surface area contributed by atoms with Gasteiger partial charge in [-0.25, -0.2) is 0 Å². The minimum atomic E-state index is -0.250. The van der Waals surface area contributed by atoms with E-state index in [4.69, 9.17) is 0 Å². The smallest absolute Gasteiger partial charge is 0.230 e. The van der Waals surface area contributed by atoms with Crippen LogP contribution in [-0.4, -0.2) is 11.8 Å². The minimum absolute atomic E-state index is 0.250. The average molecular weight is 205 g/mol. The highest BCUT2D eigenvalue weighted by atomic mass is 16.2. The highest BCUT2D eigenvalue weighted by molar-refractivity contribution is 6.14. The summed E-state index contributed by atoms with van der Waals surface area (Å²) in [7, 11) is 0. The summed E-state index contributed by atoms with van der Waals surface area (Å²) in [6.07, 6.45) is 0. The first-order valence-corrected chi connectivity index (χ1v) is 4.82. The van der Waals surface area contributed by atoms with Crippen molar-refractivity contribution in [2.45, 2.75) is 27.7 Å². The van der Waals surface area contributed by atoms with Crippen LogP contribution in [0.1, 0.15) is 25.0 Å². The summed E-state index contributed by atoms with van der Waals surface area (Å²) in [4.78, 5) is 24.0. The molecule has 0 aliphatic rings. The molecule has 1 rings (SSSR count). The van der Waals surface area contributed by atoms with Crippen LogP contribution in [0.5, 0.6) is 0 Å². The van der Waals surface area contributed by atoms with Crippen LogP contribution < -0.4 is 4.90 Å². The molecule has 0 N–H and O–H groups in total. The summed E-state index contributed by atoms with van der Waals surface area (Å²) in [5, 5.41) is 0. The molecule has 0 atom stereocenters. The molecule has 15 heavy (non-hydrogen) atoms. The molecule has 1 aromatic carbocycles. The molecule has 0 radical (unpaired) electrons. The molecule has 0 aliphatic heterocycles. The van der Waals surface area contributed by atoms with Gasteiger partial charge in [0.2, 0.25) is 11.8 Å². The number of carbonyl (C=O) groups is 2. The molecule has 0 aliphatic carbocycles. The molecule has 0 heterocycles. The predicted molar refractivity (Wildman–Crippen MR) is 59.8 cm³/mol. The first-order valence-electron chi connectivity index (χ1n) is 4.82. The largest absolute Gasteiger partial charge is 0.274 e. The van der Waals surface area contributed by atoms with Crippen LogP contribution in [0.15, 0.2) is 18.2 Å². The van der Waals surface area contributed by atoms with Gasteiger partial charge in [-0.05, 0) is 25.0 Å². The number of para-hydroxylation sites is 1. The fraction of sp³-hybridized carbons (Fsp3) is 0.333. The van der Waals surface area contributed by atoms with E-state index >= 15 is 0 Å². The van der Waals surface area contributed by atoms with Gasteiger partial charge in [0.1, 0.15) is 0 Å². The molecular formula is C12H15NO2.